The SMILES string of the molecule is CCN(C(C)CN(C)C)S(=O)(=O)c1ccc(Cl)c(CN)c1. The molecule has 1 unspecified atom stereocenters. The minimum atomic E-state index is -3.55. The molecule has 0 aromatic heterocycles. The summed E-state index contributed by atoms with van der Waals surface area (Å²) in [4.78, 5) is 2.20. The fourth-order valence-electron chi connectivity index (χ4n) is 2.34. The summed E-state index contributed by atoms with van der Waals surface area (Å²) >= 11 is 6.00. The number of rotatable bonds is 7. The number of sulfonamides is 1. The van der Waals surface area contributed by atoms with Gasteiger partial charge in [0.1, 0.15) is 0 Å². The van der Waals surface area contributed by atoms with E-state index in [4.69, 9.17) is 17.3 Å². The minimum absolute atomic E-state index is 0.119. The number of benzene rings is 1. The topological polar surface area (TPSA) is 66.6 Å². The molecule has 0 bridgehead atoms. The molecule has 120 valence electrons. The van der Waals surface area contributed by atoms with E-state index in [2.05, 4.69) is 0 Å². The van der Waals surface area contributed by atoms with Crippen molar-refractivity contribution in [3.8, 4) is 0 Å². The molecule has 0 heterocycles. The average Bonchev–Trinajstić information content (AvgIpc) is 2.38. The molecule has 0 aliphatic rings. The summed E-state index contributed by atoms with van der Waals surface area (Å²) in [6, 6.07) is 4.55. The molecule has 0 saturated carbocycles. The Balaban J connectivity index is 3.18. The highest BCUT2D eigenvalue weighted by molar-refractivity contribution is 7.89. The monoisotopic (exact) mass is 333 g/mol. The van der Waals surface area contributed by atoms with Crippen molar-refractivity contribution in [2.45, 2.75) is 31.3 Å². The maximum Gasteiger partial charge on any atom is 0.243 e. The van der Waals surface area contributed by atoms with Gasteiger partial charge in [0.25, 0.3) is 0 Å². The highest BCUT2D eigenvalue weighted by atomic mass is 35.5. The fraction of sp³-hybridized carbons (Fsp3) is 0.571. The highest BCUT2D eigenvalue weighted by Gasteiger charge is 2.28. The lowest BCUT2D eigenvalue weighted by Gasteiger charge is -2.29. The predicted octanol–water partition coefficient (Wildman–Crippen LogP) is 1.76. The molecule has 0 radical (unpaired) electrons. The third-order valence-electron chi connectivity index (χ3n) is 3.28. The van der Waals surface area contributed by atoms with Gasteiger partial charge in [0.15, 0.2) is 0 Å². The first-order valence-electron chi connectivity index (χ1n) is 6.89. The normalized spacial score (nSPS) is 13.9. The van der Waals surface area contributed by atoms with Crippen LogP contribution in [0, 0.1) is 0 Å². The number of nitrogens with zero attached hydrogens (tertiary/aromatic N) is 2. The standard InChI is InChI=1S/C14H24ClN3O2S/c1-5-18(11(2)10-17(3)4)21(19,20)13-6-7-14(15)12(8-13)9-16/h6-8,11H,5,9-10,16H2,1-4H3. The predicted molar refractivity (Wildman–Crippen MR) is 86.9 cm³/mol. The van der Waals surface area contributed by atoms with Crippen LogP contribution < -0.4 is 5.73 Å². The smallest absolute Gasteiger partial charge is 0.243 e. The van der Waals surface area contributed by atoms with Crippen molar-refractivity contribution >= 4 is 21.6 Å². The Morgan fingerprint density at radius 3 is 2.43 bits per heavy atom. The maximum atomic E-state index is 12.8. The van der Waals surface area contributed by atoms with E-state index in [1.807, 2.05) is 32.8 Å². The van der Waals surface area contributed by atoms with Gasteiger partial charge >= 0.3 is 0 Å². The van der Waals surface area contributed by atoms with Crippen molar-refractivity contribution in [1.29, 1.82) is 0 Å². The summed E-state index contributed by atoms with van der Waals surface area (Å²) < 4.78 is 27.1. The molecule has 0 fully saturated rings. The van der Waals surface area contributed by atoms with Crippen molar-refractivity contribution in [3.05, 3.63) is 28.8 Å². The molecule has 0 spiro atoms. The molecular weight excluding hydrogens is 310 g/mol. The zero-order valence-electron chi connectivity index (χ0n) is 13.0. The van der Waals surface area contributed by atoms with Gasteiger partial charge in [0.05, 0.1) is 4.90 Å². The van der Waals surface area contributed by atoms with Crippen molar-refractivity contribution in [2.24, 2.45) is 5.73 Å². The third kappa shape index (κ3) is 4.40. The van der Waals surface area contributed by atoms with Gasteiger partial charge in [0.2, 0.25) is 10.0 Å². The van der Waals surface area contributed by atoms with E-state index in [-0.39, 0.29) is 17.5 Å². The number of likely N-dealkylation sites (N-methyl/N-ethyl adjacent to an activating group) is 2. The summed E-state index contributed by atoms with van der Waals surface area (Å²) in [5.41, 5.74) is 6.23. The molecule has 0 amide bonds. The molecule has 0 saturated heterocycles. The number of nitrogens with two attached hydrogens (primary N) is 1. The van der Waals surface area contributed by atoms with E-state index in [1.54, 1.807) is 12.1 Å². The summed E-state index contributed by atoms with van der Waals surface area (Å²) in [5.74, 6) is 0. The van der Waals surface area contributed by atoms with Crippen LogP contribution in [0.15, 0.2) is 23.1 Å². The Hall–Kier alpha value is -0.660. The molecule has 21 heavy (non-hydrogen) atoms. The van der Waals surface area contributed by atoms with Gasteiger partial charge in [-0.3, -0.25) is 0 Å². The van der Waals surface area contributed by atoms with Crippen LogP contribution in [0.1, 0.15) is 19.4 Å². The quantitative estimate of drug-likeness (QED) is 0.825. The van der Waals surface area contributed by atoms with E-state index in [0.717, 1.165) is 0 Å². The van der Waals surface area contributed by atoms with Crippen molar-refractivity contribution in [3.63, 3.8) is 0 Å². The van der Waals surface area contributed by atoms with Gasteiger partial charge in [0, 0.05) is 30.7 Å². The summed E-state index contributed by atoms with van der Waals surface area (Å²) in [6.45, 7) is 5.02. The van der Waals surface area contributed by atoms with Gasteiger partial charge in [-0.2, -0.15) is 4.31 Å². The van der Waals surface area contributed by atoms with Gasteiger partial charge in [-0.15, -0.1) is 0 Å². The van der Waals surface area contributed by atoms with Crippen LogP contribution in [0.4, 0.5) is 0 Å². The zero-order valence-corrected chi connectivity index (χ0v) is 14.6. The first kappa shape index (κ1) is 18.4. The third-order valence-corrected chi connectivity index (χ3v) is 5.73. The Morgan fingerprint density at radius 2 is 1.95 bits per heavy atom. The Morgan fingerprint density at radius 1 is 1.33 bits per heavy atom. The van der Waals surface area contributed by atoms with Gasteiger partial charge in [-0.25, -0.2) is 8.42 Å². The number of halogens is 1. The highest BCUT2D eigenvalue weighted by Crippen LogP contribution is 2.24. The van der Waals surface area contributed by atoms with Crippen LogP contribution >= 0.6 is 11.6 Å². The molecule has 0 aliphatic heterocycles. The lowest BCUT2D eigenvalue weighted by Crippen LogP contribution is -2.43. The van der Waals surface area contributed by atoms with Crippen molar-refractivity contribution < 1.29 is 8.42 Å². The van der Waals surface area contributed by atoms with E-state index in [0.29, 0.717) is 23.7 Å². The molecule has 1 atom stereocenters. The van der Waals surface area contributed by atoms with E-state index >= 15 is 0 Å². The van der Waals surface area contributed by atoms with E-state index in [1.165, 1.54) is 10.4 Å². The molecule has 1 aromatic rings. The maximum absolute atomic E-state index is 12.8. The summed E-state index contributed by atoms with van der Waals surface area (Å²) in [6.07, 6.45) is 0. The van der Waals surface area contributed by atoms with Crippen LogP contribution in [-0.2, 0) is 16.6 Å². The largest absolute Gasteiger partial charge is 0.326 e. The van der Waals surface area contributed by atoms with Gasteiger partial charge in [-0.1, -0.05) is 18.5 Å². The Labute approximate surface area is 132 Å². The minimum Gasteiger partial charge on any atom is -0.326 e. The van der Waals surface area contributed by atoms with Crippen LogP contribution in [0.2, 0.25) is 5.02 Å². The first-order chi connectivity index (χ1) is 9.73. The van der Waals surface area contributed by atoms with Gasteiger partial charge in [-0.05, 0) is 44.8 Å². The molecule has 1 aromatic carbocycles. The lowest BCUT2D eigenvalue weighted by molar-refractivity contribution is 0.271. The molecule has 5 nitrogen and oxygen atoms in total. The van der Waals surface area contributed by atoms with Gasteiger partial charge < -0.3 is 10.6 Å². The molecule has 7 heteroatoms. The average molecular weight is 334 g/mol. The first-order valence-corrected chi connectivity index (χ1v) is 8.70. The van der Waals surface area contributed by atoms with E-state index < -0.39 is 10.0 Å². The molecule has 1 rings (SSSR count). The summed E-state index contributed by atoms with van der Waals surface area (Å²) in [5, 5.41) is 0.487. The molecule has 2 N–H and O–H groups in total. The Bertz CT molecular complexity index is 576. The van der Waals surface area contributed by atoms with Crippen molar-refractivity contribution in [2.75, 3.05) is 27.2 Å². The van der Waals surface area contributed by atoms with Crippen LogP contribution in [-0.4, -0.2) is 50.8 Å². The Kier molecular flexibility index (Phi) is 6.62. The lowest BCUT2D eigenvalue weighted by atomic mass is 10.2. The second-order valence-corrected chi connectivity index (χ2v) is 7.57. The molecular formula is C14H24ClN3O2S. The van der Waals surface area contributed by atoms with Crippen LogP contribution in [0.3, 0.4) is 0 Å². The molecule has 0 aliphatic carbocycles. The number of hydrogen-bond acceptors (Lipinski definition) is 4. The van der Waals surface area contributed by atoms with E-state index in [9.17, 15) is 8.42 Å². The van der Waals surface area contributed by atoms with Crippen LogP contribution in [0.5, 0.6) is 0 Å². The van der Waals surface area contributed by atoms with Crippen LogP contribution in [0.25, 0.3) is 0 Å². The second kappa shape index (κ2) is 7.56. The van der Waals surface area contributed by atoms with Crippen molar-refractivity contribution in [1.82, 2.24) is 9.21 Å². The zero-order chi connectivity index (χ0) is 16.2. The number of hydrogen-bond donors (Lipinski definition) is 1. The fourth-order valence-corrected chi connectivity index (χ4v) is 4.22. The second-order valence-electron chi connectivity index (χ2n) is 5.28. The summed E-state index contributed by atoms with van der Waals surface area (Å²) in [7, 11) is 0.292.